The molecule has 2 N–H and O–H groups in total. The summed E-state index contributed by atoms with van der Waals surface area (Å²) in [6.07, 6.45) is 4.42. The third-order valence-electron chi connectivity index (χ3n) is 5.62. The third kappa shape index (κ3) is 6.31. The average Bonchev–Trinajstić information content (AvgIpc) is 3.39. The molecule has 0 bridgehead atoms. The lowest BCUT2D eigenvalue weighted by atomic mass is 10.1. The van der Waals surface area contributed by atoms with Gasteiger partial charge in [-0.1, -0.05) is 48.2 Å². The second-order valence-electron chi connectivity index (χ2n) is 8.23. The van der Waals surface area contributed by atoms with Crippen LogP contribution in [-0.2, 0) is 25.6 Å². The summed E-state index contributed by atoms with van der Waals surface area (Å²) in [6, 6.07) is 17.0. The molecule has 1 aromatic heterocycles. The molecule has 9 heteroatoms. The third-order valence-corrected chi connectivity index (χ3v) is 6.64. The van der Waals surface area contributed by atoms with Gasteiger partial charge in [0.15, 0.2) is 0 Å². The summed E-state index contributed by atoms with van der Waals surface area (Å²) >= 11 is 1.20. The number of nitrogens with zero attached hydrogens (tertiary/aromatic N) is 2. The lowest BCUT2D eigenvalue weighted by molar-refractivity contribution is -0.138. The van der Waals surface area contributed by atoms with Crippen molar-refractivity contribution in [2.24, 2.45) is 4.99 Å². The van der Waals surface area contributed by atoms with Crippen molar-refractivity contribution in [2.45, 2.75) is 19.9 Å². The Morgan fingerprint density at radius 1 is 1.14 bits per heavy atom. The predicted octanol–water partition coefficient (Wildman–Crippen LogP) is 4.99. The summed E-state index contributed by atoms with van der Waals surface area (Å²) in [4.78, 5) is 30.3. The molecule has 4 rings (SSSR count). The van der Waals surface area contributed by atoms with Crippen molar-refractivity contribution >= 4 is 51.3 Å². The number of aliphatic hydroxyl groups is 1. The van der Waals surface area contributed by atoms with Gasteiger partial charge in [0.2, 0.25) is 5.91 Å². The van der Waals surface area contributed by atoms with Crippen LogP contribution in [-0.4, -0.2) is 53.5 Å². The van der Waals surface area contributed by atoms with Gasteiger partial charge in [-0.25, -0.2) is 9.79 Å². The first-order valence-corrected chi connectivity index (χ1v) is 12.8. The smallest absolute Gasteiger partial charge is 0.344 e. The molecule has 0 spiro atoms. The van der Waals surface area contributed by atoms with Crippen molar-refractivity contribution in [2.75, 3.05) is 26.9 Å². The van der Waals surface area contributed by atoms with Crippen LogP contribution in [0, 0.1) is 0 Å². The minimum absolute atomic E-state index is 0.0427. The minimum Gasteiger partial charge on any atom is -0.506 e. The molecule has 192 valence electrons. The standard InChI is InChI=1S/C28H29N3O5S/c1-3-36-28(34)25-26(33)23(37-27(25)30-20-10-5-4-6-11-20)16-19-17-31(22-13-8-7-12-21(19)22)18-24(32)29-14-9-15-35-2/h4-8,10-13,16-17,33H,3,9,14-15,18H2,1-2H3,(H,29,32)/b23-16-,30-27?. The Hall–Kier alpha value is -3.82. The monoisotopic (exact) mass is 519 g/mol. The van der Waals surface area contributed by atoms with E-state index in [0.717, 1.165) is 22.9 Å². The SMILES string of the molecule is CCOC(=O)C1=C(O)/C(=C/c2cn(CC(=O)NCCCOC)c3ccccc23)SC1=Nc1ccccc1. The molecule has 0 fully saturated rings. The van der Waals surface area contributed by atoms with E-state index in [1.165, 1.54) is 11.8 Å². The molecular weight excluding hydrogens is 490 g/mol. The topological polar surface area (TPSA) is 102 Å². The van der Waals surface area contributed by atoms with Crippen molar-refractivity contribution in [3.8, 4) is 0 Å². The molecule has 1 amide bonds. The van der Waals surface area contributed by atoms with Gasteiger partial charge in [0.1, 0.15) is 22.9 Å². The summed E-state index contributed by atoms with van der Waals surface area (Å²) < 4.78 is 12.1. The van der Waals surface area contributed by atoms with Gasteiger partial charge in [0, 0.05) is 42.9 Å². The number of fused-ring (bicyclic) bond motifs is 1. The lowest BCUT2D eigenvalue weighted by Gasteiger charge is -2.07. The zero-order chi connectivity index (χ0) is 26.2. The van der Waals surface area contributed by atoms with Crippen LogP contribution in [0.5, 0.6) is 0 Å². The number of ether oxygens (including phenoxy) is 2. The number of benzene rings is 2. The zero-order valence-corrected chi connectivity index (χ0v) is 21.6. The Balaban J connectivity index is 1.67. The van der Waals surface area contributed by atoms with E-state index in [9.17, 15) is 14.7 Å². The Morgan fingerprint density at radius 2 is 1.89 bits per heavy atom. The van der Waals surface area contributed by atoms with Gasteiger partial charge >= 0.3 is 5.97 Å². The quantitative estimate of drug-likeness (QED) is 0.289. The fourth-order valence-corrected chi connectivity index (χ4v) is 4.95. The van der Waals surface area contributed by atoms with Crippen molar-refractivity contribution in [1.29, 1.82) is 0 Å². The summed E-state index contributed by atoms with van der Waals surface area (Å²) in [5.41, 5.74) is 2.40. The number of carbonyl (C=O) groups is 2. The van der Waals surface area contributed by atoms with Gasteiger partial charge in [-0.05, 0) is 37.6 Å². The minimum atomic E-state index is -0.627. The van der Waals surface area contributed by atoms with E-state index in [1.54, 1.807) is 14.0 Å². The van der Waals surface area contributed by atoms with Gasteiger partial charge in [0.05, 0.1) is 17.2 Å². The summed E-state index contributed by atoms with van der Waals surface area (Å²) in [6.45, 7) is 3.17. The molecule has 0 saturated carbocycles. The normalized spacial score (nSPS) is 15.6. The number of aliphatic imine (C=N–C) groups is 1. The second-order valence-corrected chi connectivity index (χ2v) is 9.26. The second kappa shape index (κ2) is 12.4. The van der Waals surface area contributed by atoms with Crippen LogP contribution in [0.4, 0.5) is 5.69 Å². The van der Waals surface area contributed by atoms with E-state index in [0.29, 0.717) is 28.8 Å². The molecule has 2 aromatic carbocycles. The molecule has 0 atom stereocenters. The van der Waals surface area contributed by atoms with Crippen molar-refractivity contribution < 1.29 is 24.2 Å². The fourth-order valence-electron chi connectivity index (χ4n) is 3.93. The Labute approximate surface area is 219 Å². The Morgan fingerprint density at radius 3 is 2.65 bits per heavy atom. The predicted molar refractivity (Wildman–Crippen MR) is 147 cm³/mol. The maximum absolute atomic E-state index is 12.7. The van der Waals surface area contributed by atoms with Crippen molar-refractivity contribution in [1.82, 2.24) is 9.88 Å². The highest BCUT2D eigenvalue weighted by Crippen LogP contribution is 2.41. The number of carbonyl (C=O) groups excluding carboxylic acids is 2. The van der Waals surface area contributed by atoms with Crippen LogP contribution in [0.3, 0.4) is 0 Å². The zero-order valence-electron chi connectivity index (χ0n) is 20.8. The van der Waals surface area contributed by atoms with Gasteiger partial charge in [-0.3, -0.25) is 4.79 Å². The highest BCUT2D eigenvalue weighted by atomic mass is 32.2. The molecule has 0 radical (unpaired) electrons. The molecule has 0 aliphatic carbocycles. The summed E-state index contributed by atoms with van der Waals surface area (Å²) in [5, 5.41) is 15.2. The van der Waals surface area contributed by atoms with Crippen LogP contribution >= 0.6 is 11.8 Å². The maximum Gasteiger partial charge on any atom is 0.344 e. The molecule has 0 saturated heterocycles. The first-order valence-electron chi connectivity index (χ1n) is 12.0. The van der Waals surface area contributed by atoms with Gasteiger partial charge in [-0.15, -0.1) is 0 Å². The molecule has 3 aromatic rings. The van der Waals surface area contributed by atoms with Crippen LogP contribution in [0.2, 0.25) is 0 Å². The largest absolute Gasteiger partial charge is 0.506 e. The Kier molecular flexibility index (Phi) is 8.81. The van der Waals surface area contributed by atoms with Crippen molar-refractivity contribution in [3.63, 3.8) is 0 Å². The molecule has 0 unspecified atom stereocenters. The van der Waals surface area contributed by atoms with E-state index < -0.39 is 5.97 Å². The fraction of sp³-hybridized carbons (Fsp3) is 0.250. The number of methoxy groups -OCH3 is 1. The number of thioether (sulfide) groups is 1. The number of hydrogen-bond donors (Lipinski definition) is 2. The lowest BCUT2D eigenvalue weighted by Crippen LogP contribution is -2.28. The summed E-state index contributed by atoms with van der Waals surface area (Å²) in [7, 11) is 1.63. The number of nitrogens with one attached hydrogen (secondary N) is 1. The van der Waals surface area contributed by atoms with Crippen molar-refractivity contribution in [3.05, 3.63) is 82.6 Å². The number of rotatable bonds is 10. The molecule has 2 heterocycles. The van der Waals surface area contributed by atoms with Gasteiger partial charge in [0.25, 0.3) is 0 Å². The van der Waals surface area contributed by atoms with Gasteiger partial charge < -0.3 is 24.5 Å². The van der Waals surface area contributed by atoms with Crippen LogP contribution < -0.4 is 5.32 Å². The maximum atomic E-state index is 12.7. The highest BCUT2D eigenvalue weighted by Gasteiger charge is 2.33. The molecular formula is C28H29N3O5S. The number of aromatic nitrogens is 1. The number of hydrogen-bond acceptors (Lipinski definition) is 7. The molecule has 37 heavy (non-hydrogen) atoms. The first-order chi connectivity index (χ1) is 18.0. The highest BCUT2D eigenvalue weighted by molar-refractivity contribution is 8.18. The molecule has 8 nitrogen and oxygen atoms in total. The number of esters is 1. The number of para-hydroxylation sites is 2. The molecule has 1 aliphatic heterocycles. The van der Waals surface area contributed by atoms with E-state index >= 15 is 0 Å². The van der Waals surface area contributed by atoms with E-state index in [4.69, 9.17) is 9.47 Å². The Bertz CT molecular complexity index is 1370. The van der Waals surface area contributed by atoms with E-state index in [-0.39, 0.29) is 30.4 Å². The average molecular weight is 520 g/mol. The molecule has 1 aliphatic rings. The van der Waals surface area contributed by atoms with E-state index in [2.05, 4.69) is 10.3 Å². The summed E-state index contributed by atoms with van der Waals surface area (Å²) in [5.74, 6) is -0.903. The van der Waals surface area contributed by atoms with Crippen LogP contribution in [0.1, 0.15) is 18.9 Å². The first kappa shape index (κ1) is 26.2. The van der Waals surface area contributed by atoms with Gasteiger partial charge in [-0.2, -0.15) is 0 Å². The van der Waals surface area contributed by atoms with Crippen LogP contribution in [0.15, 0.2) is 82.0 Å². The number of aliphatic hydroxyl groups excluding tert-OH is 1. The van der Waals surface area contributed by atoms with Crippen LogP contribution in [0.25, 0.3) is 17.0 Å². The number of amides is 1. The van der Waals surface area contributed by atoms with E-state index in [1.807, 2.05) is 71.4 Å².